The van der Waals surface area contributed by atoms with E-state index in [2.05, 4.69) is 22.2 Å². The van der Waals surface area contributed by atoms with E-state index in [1.807, 2.05) is 18.2 Å². The maximum absolute atomic E-state index is 11.7. The molecule has 1 unspecified atom stereocenters. The Hall–Kier alpha value is -2.19. The zero-order valence-corrected chi connectivity index (χ0v) is 16.6. The number of nitrogens with one attached hydrogen (secondary N) is 2. The molecule has 0 radical (unpaired) electrons. The number of sulfone groups is 1. The van der Waals surface area contributed by atoms with E-state index in [1.165, 1.54) is 0 Å². The zero-order valence-electron chi connectivity index (χ0n) is 15.8. The molecule has 1 saturated heterocycles. The number of hydrogen-bond acceptors (Lipinski definition) is 7. The molecule has 1 aliphatic carbocycles. The van der Waals surface area contributed by atoms with Crippen molar-refractivity contribution in [2.45, 2.75) is 50.3 Å². The SMILES string of the molecule is C=C(NC1CCS(=O)(=O)C1)c1cccc2cnc(NC3CCC(O)CC3)nc12. The fourth-order valence-electron chi connectivity index (χ4n) is 4.00. The van der Waals surface area contributed by atoms with Gasteiger partial charge in [0.05, 0.1) is 23.1 Å². The summed E-state index contributed by atoms with van der Waals surface area (Å²) >= 11 is 0. The van der Waals surface area contributed by atoms with Gasteiger partial charge in [0.25, 0.3) is 0 Å². The lowest BCUT2D eigenvalue weighted by Gasteiger charge is -2.26. The van der Waals surface area contributed by atoms with E-state index in [9.17, 15) is 13.5 Å². The van der Waals surface area contributed by atoms with Crippen LogP contribution in [0.2, 0.25) is 0 Å². The van der Waals surface area contributed by atoms with Gasteiger partial charge >= 0.3 is 0 Å². The van der Waals surface area contributed by atoms with Crippen molar-refractivity contribution in [3.05, 3.63) is 36.5 Å². The van der Waals surface area contributed by atoms with Gasteiger partial charge in [0.2, 0.25) is 5.95 Å². The van der Waals surface area contributed by atoms with Crippen LogP contribution in [0.4, 0.5) is 5.95 Å². The predicted octanol–water partition coefficient (Wildman–Crippen LogP) is 2.09. The Labute approximate surface area is 165 Å². The molecule has 0 spiro atoms. The van der Waals surface area contributed by atoms with Crippen molar-refractivity contribution in [3.63, 3.8) is 0 Å². The molecule has 4 rings (SSSR count). The lowest BCUT2D eigenvalue weighted by atomic mass is 9.93. The molecule has 2 fully saturated rings. The van der Waals surface area contributed by atoms with Crippen molar-refractivity contribution >= 4 is 32.4 Å². The van der Waals surface area contributed by atoms with Gasteiger partial charge in [0, 0.05) is 34.9 Å². The van der Waals surface area contributed by atoms with Gasteiger partial charge in [-0.3, -0.25) is 0 Å². The molecule has 150 valence electrons. The number of aromatic nitrogens is 2. The van der Waals surface area contributed by atoms with E-state index in [4.69, 9.17) is 4.98 Å². The van der Waals surface area contributed by atoms with Crippen LogP contribution in [0.1, 0.15) is 37.7 Å². The average Bonchev–Trinajstić information content (AvgIpc) is 3.01. The Bertz CT molecular complexity index is 984. The van der Waals surface area contributed by atoms with Gasteiger partial charge in [-0.05, 0) is 32.1 Å². The Kier molecular flexibility index (Phi) is 5.25. The highest BCUT2D eigenvalue weighted by Gasteiger charge is 2.28. The summed E-state index contributed by atoms with van der Waals surface area (Å²) in [7, 11) is -2.95. The zero-order chi connectivity index (χ0) is 19.7. The van der Waals surface area contributed by atoms with Gasteiger partial charge in [-0.2, -0.15) is 0 Å². The van der Waals surface area contributed by atoms with Crippen molar-refractivity contribution in [2.75, 3.05) is 16.8 Å². The fourth-order valence-corrected chi connectivity index (χ4v) is 5.68. The van der Waals surface area contributed by atoms with Crippen LogP contribution in [-0.2, 0) is 9.84 Å². The number of nitrogens with zero attached hydrogens (tertiary/aromatic N) is 2. The molecule has 2 aromatic rings. The van der Waals surface area contributed by atoms with Crippen LogP contribution in [0, 0.1) is 0 Å². The number of aliphatic hydroxyl groups excluding tert-OH is 1. The summed E-state index contributed by atoms with van der Waals surface area (Å²) < 4.78 is 23.4. The fraction of sp³-hybridized carbons (Fsp3) is 0.500. The van der Waals surface area contributed by atoms with E-state index in [1.54, 1.807) is 6.20 Å². The van der Waals surface area contributed by atoms with Crippen LogP contribution >= 0.6 is 0 Å². The number of fused-ring (bicyclic) bond motifs is 1. The minimum atomic E-state index is -2.95. The highest BCUT2D eigenvalue weighted by Crippen LogP contribution is 2.25. The summed E-state index contributed by atoms with van der Waals surface area (Å²) in [5, 5.41) is 17.2. The summed E-state index contributed by atoms with van der Waals surface area (Å²) in [6, 6.07) is 5.97. The summed E-state index contributed by atoms with van der Waals surface area (Å²) in [4.78, 5) is 9.14. The van der Waals surface area contributed by atoms with Crippen molar-refractivity contribution in [2.24, 2.45) is 0 Å². The van der Waals surface area contributed by atoms with Crippen LogP contribution in [0.3, 0.4) is 0 Å². The second kappa shape index (κ2) is 7.67. The van der Waals surface area contributed by atoms with Gasteiger partial charge in [0.15, 0.2) is 9.84 Å². The molecular formula is C20H26N4O3S. The smallest absolute Gasteiger partial charge is 0.223 e. The average molecular weight is 403 g/mol. The van der Waals surface area contributed by atoms with Crippen molar-refractivity contribution in [3.8, 4) is 0 Å². The number of anilines is 1. The Balaban J connectivity index is 1.54. The van der Waals surface area contributed by atoms with Gasteiger partial charge in [-0.25, -0.2) is 18.4 Å². The molecule has 28 heavy (non-hydrogen) atoms. The molecule has 1 saturated carbocycles. The Morgan fingerprint density at radius 3 is 2.64 bits per heavy atom. The van der Waals surface area contributed by atoms with Crippen molar-refractivity contribution in [1.29, 1.82) is 0 Å². The highest BCUT2D eigenvalue weighted by molar-refractivity contribution is 7.91. The monoisotopic (exact) mass is 402 g/mol. The van der Waals surface area contributed by atoms with Crippen LogP contribution in [0.25, 0.3) is 16.6 Å². The summed E-state index contributed by atoms with van der Waals surface area (Å²) in [5.74, 6) is 0.934. The summed E-state index contributed by atoms with van der Waals surface area (Å²) in [5.41, 5.74) is 2.32. The van der Waals surface area contributed by atoms with Gasteiger partial charge < -0.3 is 15.7 Å². The van der Waals surface area contributed by atoms with E-state index in [0.717, 1.165) is 42.1 Å². The van der Waals surface area contributed by atoms with E-state index in [-0.39, 0.29) is 29.7 Å². The maximum Gasteiger partial charge on any atom is 0.223 e. The van der Waals surface area contributed by atoms with Crippen LogP contribution < -0.4 is 10.6 Å². The largest absolute Gasteiger partial charge is 0.393 e. The lowest BCUT2D eigenvalue weighted by molar-refractivity contribution is 0.126. The number of hydrogen-bond donors (Lipinski definition) is 3. The van der Waals surface area contributed by atoms with Crippen molar-refractivity contribution < 1.29 is 13.5 Å². The van der Waals surface area contributed by atoms with Crippen molar-refractivity contribution in [1.82, 2.24) is 15.3 Å². The number of benzene rings is 1. The van der Waals surface area contributed by atoms with Crippen LogP contribution in [0.15, 0.2) is 31.0 Å². The molecule has 8 heteroatoms. The van der Waals surface area contributed by atoms with E-state index in [0.29, 0.717) is 18.1 Å². The van der Waals surface area contributed by atoms with Crippen LogP contribution in [-0.4, -0.2) is 53.2 Å². The number of rotatable bonds is 5. The van der Waals surface area contributed by atoms with Gasteiger partial charge in [-0.1, -0.05) is 24.8 Å². The quantitative estimate of drug-likeness (QED) is 0.703. The number of para-hydroxylation sites is 1. The second-order valence-electron chi connectivity index (χ2n) is 7.81. The predicted molar refractivity (Wildman–Crippen MR) is 111 cm³/mol. The summed E-state index contributed by atoms with van der Waals surface area (Å²) in [6.45, 7) is 4.13. The lowest BCUT2D eigenvalue weighted by Crippen LogP contribution is -2.29. The third-order valence-corrected chi connectivity index (χ3v) is 7.34. The minimum absolute atomic E-state index is 0.110. The van der Waals surface area contributed by atoms with E-state index < -0.39 is 9.84 Å². The number of aliphatic hydroxyl groups is 1. The normalized spacial score (nSPS) is 26.8. The first kappa shape index (κ1) is 19.1. The van der Waals surface area contributed by atoms with Gasteiger partial charge in [0.1, 0.15) is 0 Å². The molecule has 2 heterocycles. The molecule has 1 aromatic heterocycles. The topological polar surface area (TPSA) is 104 Å². The Morgan fingerprint density at radius 1 is 1.14 bits per heavy atom. The third-order valence-electron chi connectivity index (χ3n) is 5.58. The highest BCUT2D eigenvalue weighted by atomic mass is 32.2. The van der Waals surface area contributed by atoms with Gasteiger partial charge in [-0.15, -0.1) is 0 Å². The summed E-state index contributed by atoms with van der Waals surface area (Å²) in [6.07, 6.45) is 5.57. The molecule has 0 amide bonds. The standard InChI is InChI=1S/C20H26N4O3S/c1-13(22-16-9-10-28(26,27)12-16)18-4-2-3-14-11-21-20(24-19(14)18)23-15-5-7-17(25)8-6-15/h2-4,11,15-17,22,25H,1,5-10,12H2,(H,21,23,24). The molecular weight excluding hydrogens is 376 g/mol. The molecule has 7 nitrogen and oxygen atoms in total. The Morgan fingerprint density at radius 2 is 1.93 bits per heavy atom. The minimum Gasteiger partial charge on any atom is -0.393 e. The molecule has 1 aromatic carbocycles. The maximum atomic E-state index is 11.7. The van der Waals surface area contributed by atoms with E-state index >= 15 is 0 Å². The first-order chi connectivity index (χ1) is 13.4. The molecule has 1 atom stereocenters. The molecule has 1 aliphatic heterocycles. The first-order valence-electron chi connectivity index (χ1n) is 9.76. The molecule has 3 N–H and O–H groups in total. The first-order valence-corrected chi connectivity index (χ1v) is 11.6. The van der Waals surface area contributed by atoms with Crippen LogP contribution in [0.5, 0.6) is 0 Å². The third kappa shape index (κ3) is 4.28. The molecule has 2 aliphatic rings. The second-order valence-corrected chi connectivity index (χ2v) is 10.0. The molecule has 0 bridgehead atoms.